The van der Waals surface area contributed by atoms with Crippen molar-refractivity contribution in [3.05, 3.63) is 77.9 Å². The molecule has 1 fully saturated rings. The smallest absolute Gasteiger partial charge is 0.338 e. The summed E-state index contributed by atoms with van der Waals surface area (Å²) in [5.41, 5.74) is 1.26. The van der Waals surface area contributed by atoms with Crippen molar-refractivity contribution in [3.8, 4) is 0 Å². The molecule has 31 heavy (non-hydrogen) atoms. The standard InChI is InChI=1S/C25H28N2O4/c28-23(17-16-19-10-4-1-5-11-19)27-22(24(29)26-21-14-8-3-9-15-21)18-31-25(30)20-12-6-2-7-13-20/h1-2,4-7,10-13,16-17,21-22H,3,8-9,14-15,18H2,(H,26,29)(H,27,28)/b17-16+/t22-/m0/s1. The summed E-state index contributed by atoms with van der Waals surface area (Å²) in [5, 5.41) is 5.66. The molecule has 2 N–H and O–H groups in total. The van der Waals surface area contributed by atoms with Crippen molar-refractivity contribution in [1.82, 2.24) is 10.6 Å². The van der Waals surface area contributed by atoms with Gasteiger partial charge < -0.3 is 15.4 Å². The van der Waals surface area contributed by atoms with Gasteiger partial charge in [0.1, 0.15) is 12.6 Å². The van der Waals surface area contributed by atoms with E-state index in [4.69, 9.17) is 4.74 Å². The van der Waals surface area contributed by atoms with Crippen molar-refractivity contribution < 1.29 is 19.1 Å². The number of esters is 1. The highest BCUT2D eigenvalue weighted by Crippen LogP contribution is 2.17. The molecule has 0 aromatic heterocycles. The van der Waals surface area contributed by atoms with E-state index in [1.54, 1.807) is 36.4 Å². The molecule has 6 heteroatoms. The van der Waals surface area contributed by atoms with Gasteiger partial charge >= 0.3 is 5.97 Å². The maximum Gasteiger partial charge on any atom is 0.338 e. The lowest BCUT2D eigenvalue weighted by atomic mass is 9.95. The van der Waals surface area contributed by atoms with Gasteiger partial charge in [-0.15, -0.1) is 0 Å². The molecule has 0 bridgehead atoms. The molecule has 3 rings (SSSR count). The van der Waals surface area contributed by atoms with Gasteiger partial charge in [-0.1, -0.05) is 67.8 Å². The van der Waals surface area contributed by atoms with Gasteiger partial charge in [-0.3, -0.25) is 9.59 Å². The van der Waals surface area contributed by atoms with Gasteiger partial charge in [-0.05, 0) is 36.6 Å². The molecule has 0 saturated heterocycles. The monoisotopic (exact) mass is 420 g/mol. The first-order chi connectivity index (χ1) is 15.1. The number of benzene rings is 2. The minimum atomic E-state index is -0.970. The van der Waals surface area contributed by atoms with Crippen LogP contribution in [0.25, 0.3) is 6.08 Å². The molecule has 1 atom stereocenters. The number of rotatable bonds is 8. The van der Waals surface area contributed by atoms with Crippen molar-refractivity contribution >= 4 is 23.9 Å². The molecule has 0 aliphatic heterocycles. The summed E-state index contributed by atoms with van der Waals surface area (Å²) in [7, 11) is 0. The number of hydrogen-bond acceptors (Lipinski definition) is 4. The van der Waals surface area contributed by atoms with Crippen molar-refractivity contribution in [1.29, 1.82) is 0 Å². The number of carbonyl (C=O) groups excluding carboxylic acids is 3. The van der Waals surface area contributed by atoms with Gasteiger partial charge in [0.2, 0.25) is 11.8 Å². The lowest BCUT2D eigenvalue weighted by Gasteiger charge is -2.25. The molecule has 0 radical (unpaired) electrons. The highest BCUT2D eigenvalue weighted by Gasteiger charge is 2.25. The Morgan fingerprint density at radius 2 is 1.58 bits per heavy atom. The van der Waals surface area contributed by atoms with Crippen molar-refractivity contribution in [2.75, 3.05) is 6.61 Å². The Morgan fingerprint density at radius 1 is 0.935 bits per heavy atom. The second-order valence-electron chi connectivity index (χ2n) is 7.61. The van der Waals surface area contributed by atoms with E-state index in [0.29, 0.717) is 5.56 Å². The summed E-state index contributed by atoms with van der Waals surface area (Å²) in [4.78, 5) is 37.5. The fourth-order valence-corrected chi connectivity index (χ4v) is 3.50. The van der Waals surface area contributed by atoms with E-state index in [1.165, 1.54) is 12.5 Å². The van der Waals surface area contributed by atoms with Gasteiger partial charge in [0, 0.05) is 12.1 Å². The third kappa shape index (κ3) is 7.41. The van der Waals surface area contributed by atoms with E-state index in [1.807, 2.05) is 30.3 Å². The average molecular weight is 421 g/mol. The summed E-state index contributed by atoms with van der Waals surface area (Å²) in [6.07, 6.45) is 8.20. The molecule has 6 nitrogen and oxygen atoms in total. The van der Waals surface area contributed by atoms with Crippen LogP contribution in [0.15, 0.2) is 66.7 Å². The summed E-state index contributed by atoms with van der Waals surface area (Å²) >= 11 is 0. The lowest BCUT2D eigenvalue weighted by molar-refractivity contribution is -0.128. The van der Waals surface area contributed by atoms with E-state index in [9.17, 15) is 14.4 Å². The normalized spacial score (nSPS) is 15.2. The van der Waals surface area contributed by atoms with E-state index >= 15 is 0 Å². The van der Waals surface area contributed by atoms with Crippen molar-refractivity contribution in [3.63, 3.8) is 0 Å². The molecule has 162 valence electrons. The topological polar surface area (TPSA) is 84.5 Å². The van der Waals surface area contributed by atoms with Crippen molar-refractivity contribution in [2.24, 2.45) is 0 Å². The van der Waals surface area contributed by atoms with Gasteiger partial charge in [0.15, 0.2) is 0 Å². The Bertz CT molecular complexity index is 890. The zero-order chi connectivity index (χ0) is 21.9. The summed E-state index contributed by atoms with van der Waals surface area (Å²) < 4.78 is 5.33. The van der Waals surface area contributed by atoms with Crippen LogP contribution in [0.2, 0.25) is 0 Å². The second kappa shape index (κ2) is 11.7. The molecule has 2 aromatic carbocycles. The first kappa shape index (κ1) is 22.3. The molecular weight excluding hydrogens is 392 g/mol. The minimum Gasteiger partial charge on any atom is -0.459 e. The molecule has 0 unspecified atom stereocenters. The minimum absolute atomic E-state index is 0.0883. The quantitative estimate of drug-likeness (QED) is 0.506. The molecule has 0 spiro atoms. The molecule has 0 heterocycles. The Labute approximate surface area is 182 Å². The van der Waals surface area contributed by atoms with Crippen LogP contribution in [0.5, 0.6) is 0 Å². The van der Waals surface area contributed by atoms with E-state index < -0.39 is 17.9 Å². The SMILES string of the molecule is O=C(/C=C/c1ccccc1)N[C@@H](COC(=O)c1ccccc1)C(=O)NC1CCCCC1. The Morgan fingerprint density at radius 3 is 2.26 bits per heavy atom. The number of carbonyl (C=O) groups is 3. The Balaban J connectivity index is 1.62. The Hall–Kier alpha value is -3.41. The van der Waals surface area contributed by atoms with Gasteiger partial charge in [-0.25, -0.2) is 4.79 Å². The summed E-state index contributed by atoms with van der Waals surface area (Å²) in [6, 6.07) is 17.1. The largest absolute Gasteiger partial charge is 0.459 e. The number of hydrogen-bond donors (Lipinski definition) is 2. The fourth-order valence-electron chi connectivity index (χ4n) is 3.50. The van der Waals surface area contributed by atoms with Gasteiger partial charge in [0.25, 0.3) is 0 Å². The first-order valence-corrected chi connectivity index (χ1v) is 10.7. The van der Waals surface area contributed by atoms with Crippen LogP contribution in [0, 0.1) is 0 Å². The van der Waals surface area contributed by atoms with Crippen LogP contribution in [0.1, 0.15) is 48.0 Å². The summed E-state index contributed by atoms with van der Waals surface area (Å²) in [5.74, 6) is -1.30. The van der Waals surface area contributed by atoms with Crippen molar-refractivity contribution in [2.45, 2.75) is 44.2 Å². The molecule has 2 amide bonds. The lowest BCUT2D eigenvalue weighted by Crippen LogP contribution is -2.52. The first-order valence-electron chi connectivity index (χ1n) is 10.7. The molecule has 1 saturated carbocycles. The number of ether oxygens (including phenoxy) is 1. The molecule has 1 aliphatic rings. The third-order valence-corrected chi connectivity index (χ3v) is 5.20. The zero-order valence-electron chi connectivity index (χ0n) is 17.5. The van der Waals surface area contributed by atoms with Crippen LogP contribution in [0.4, 0.5) is 0 Å². The van der Waals surface area contributed by atoms with Crippen LogP contribution in [0.3, 0.4) is 0 Å². The van der Waals surface area contributed by atoms with Crippen LogP contribution in [-0.2, 0) is 14.3 Å². The highest BCUT2D eigenvalue weighted by atomic mass is 16.5. The van der Waals surface area contributed by atoms with Gasteiger partial charge in [-0.2, -0.15) is 0 Å². The predicted molar refractivity (Wildman–Crippen MR) is 119 cm³/mol. The Kier molecular flexibility index (Phi) is 8.40. The molecule has 1 aliphatic carbocycles. The number of amides is 2. The zero-order valence-corrected chi connectivity index (χ0v) is 17.5. The van der Waals surface area contributed by atoms with E-state index in [2.05, 4.69) is 10.6 Å². The van der Waals surface area contributed by atoms with E-state index in [0.717, 1.165) is 31.2 Å². The van der Waals surface area contributed by atoms with Gasteiger partial charge in [0.05, 0.1) is 5.56 Å². The maximum atomic E-state index is 12.8. The van der Waals surface area contributed by atoms with Crippen LogP contribution in [-0.4, -0.2) is 36.5 Å². The van der Waals surface area contributed by atoms with Crippen LogP contribution < -0.4 is 10.6 Å². The highest BCUT2D eigenvalue weighted by molar-refractivity contribution is 5.96. The maximum absolute atomic E-state index is 12.8. The summed E-state index contributed by atoms with van der Waals surface area (Å²) in [6.45, 7) is -0.239. The number of nitrogens with one attached hydrogen (secondary N) is 2. The van der Waals surface area contributed by atoms with Crippen LogP contribution >= 0.6 is 0 Å². The van der Waals surface area contributed by atoms with E-state index in [-0.39, 0.29) is 18.6 Å². The third-order valence-electron chi connectivity index (χ3n) is 5.20. The molecule has 2 aromatic rings. The predicted octanol–water partition coefficient (Wildman–Crippen LogP) is 3.49. The molecular formula is C25H28N2O4. The fraction of sp³-hybridized carbons (Fsp3) is 0.320. The second-order valence-corrected chi connectivity index (χ2v) is 7.61. The average Bonchev–Trinajstić information content (AvgIpc) is 2.82.